The SMILES string of the molecule is O=C(CC(=O)N(CCCc1ccccc1)c1ccccc1)C(=O)NCCO. The molecule has 0 atom stereocenters. The van der Waals surface area contributed by atoms with Crippen LogP contribution in [0.4, 0.5) is 5.69 Å². The van der Waals surface area contributed by atoms with E-state index in [2.05, 4.69) is 5.32 Å². The normalized spacial score (nSPS) is 10.3. The minimum absolute atomic E-state index is 0.0156. The lowest BCUT2D eigenvalue weighted by atomic mass is 10.1. The molecule has 0 radical (unpaired) electrons. The standard InChI is InChI=1S/C21H24N2O4/c24-15-13-22-21(27)19(25)16-20(26)23(18-11-5-2-6-12-18)14-7-10-17-8-3-1-4-9-17/h1-6,8-9,11-12,24H,7,10,13-16H2,(H,22,27). The number of benzene rings is 2. The Hall–Kier alpha value is -2.99. The van der Waals surface area contributed by atoms with Crippen LogP contribution in [0, 0.1) is 0 Å². The first-order valence-corrected chi connectivity index (χ1v) is 8.93. The van der Waals surface area contributed by atoms with Gasteiger partial charge in [-0.15, -0.1) is 0 Å². The minimum atomic E-state index is -0.852. The molecular weight excluding hydrogens is 344 g/mol. The van der Waals surface area contributed by atoms with Crippen molar-refractivity contribution in [3.05, 3.63) is 66.2 Å². The lowest BCUT2D eigenvalue weighted by molar-refractivity contribution is -0.140. The number of rotatable bonds is 10. The van der Waals surface area contributed by atoms with Crippen molar-refractivity contribution in [1.29, 1.82) is 0 Å². The van der Waals surface area contributed by atoms with Crippen LogP contribution in [0.3, 0.4) is 0 Å². The van der Waals surface area contributed by atoms with E-state index in [0.29, 0.717) is 12.2 Å². The summed E-state index contributed by atoms with van der Waals surface area (Å²) in [6.07, 6.45) is 1.04. The second-order valence-electron chi connectivity index (χ2n) is 6.05. The number of anilines is 1. The van der Waals surface area contributed by atoms with Crippen LogP contribution in [0.15, 0.2) is 60.7 Å². The van der Waals surface area contributed by atoms with E-state index in [1.54, 1.807) is 17.0 Å². The zero-order valence-corrected chi connectivity index (χ0v) is 15.1. The van der Waals surface area contributed by atoms with Crippen molar-refractivity contribution in [3.63, 3.8) is 0 Å². The van der Waals surface area contributed by atoms with E-state index < -0.39 is 24.0 Å². The first kappa shape index (κ1) is 20.3. The lowest BCUT2D eigenvalue weighted by Gasteiger charge is -2.22. The Bertz CT molecular complexity index is 747. The van der Waals surface area contributed by atoms with Crippen molar-refractivity contribution in [2.45, 2.75) is 19.3 Å². The third kappa shape index (κ3) is 6.67. The van der Waals surface area contributed by atoms with Crippen molar-refractivity contribution < 1.29 is 19.5 Å². The molecule has 0 saturated heterocycles. The van der Waals surface area contributed by atoms with Crippen LogP contribution < -0.4 is 10.2 Å². The topological polar surface area (TPSA) is 86.7 Å². The Labute approximate surface area is 158 Å². The van der Waals surface area contributed by atoms with Crippen LogP contribution in [-0.4, -0.2) is 42.4 Å². The van der Waals surface area contributed by atoms with E-state index in [9.17, 15) is 14.4 Å². The summed E-state index contributed by atoms with van der Waals surface area (Å²) in [5.74, 6) is -2.08. The quantitative estimate of drug-likeness (QED) is 0.494. The number of aliphatic hydroxyl groups excluding tert-OH is 1. The highest BCUT2D eigenvalue weighted by Crippen LogP contribution is 2.16. The second-order valence-corrected chi connectivity index (χ2v) is 6.05. The first-order valence-electron chi connectivity index (χ1n) is 8.93. The van der Waals surface area contributed by atoms with Gasteiger partial charge >= 0.3 is 0 Å². The number of carbonyl (C=O) groups is 3. The Balaban J connectivity index is 2.00. The third-order valence-corrected chi connectivity index (χ3v) is 4.02. The molecule has 2 N–H and O–H groups in total. The molecule has 0 fully saturated rings. The lowest BCUT2D eigenvalue weighted by Crippen LogP contribution is -2.38. The van der Waals surface area contributed by atoms with Gasteiger partial charge in [0, 0.05) is 18.8 Å². The zero-order chi connectivity index (χ0) is 19.5. The molecule has 2 aromatic rings. The summed E-state index contributed by atoms with van der Waals surface area (Å²) in [4.78, 5) is 37.8. The van der Waals surface area contributed by atoms with Crippen molar-refractivity contribution in [2.24, 2.45) is 0 Å². The number of hydrogen-bond acceptors (Lipinski definition) is 4. The fraction of sp³-hybridized carbons (Fsp3) is 0.286. The van der Waals surface area contributed by atoms with Gasteiger partial charge in [-0.05, 0) is 30.5 Å². The molecule has 0 unspecified atom stereocenters. The van der Waals surface area contributed by atoms with Crippen molar-refractivity contribution in [2.75, 3.05) is 24.6 Å². The summed E-state index contributed by atoms with van der Waals surface area (Å²) in [7, 11) is 0. The monoisotopic (exact) mass is 368 g/mol. The molecule has 0 bridgehead atoms. The zero-order valence-electron chi connectivity index (χ0n) is 15.1. The number of aliphatic hydroxyl groups is 1. The largest absolute Gasteiger partial charge is 0.395 e. The molecule has 0 spiro atoms. The van der Waals surface area contributed by atoms with E-state index >= 15 is 0 Å². The summed E-state index contributed by atoms with van der Waals surface area (Å²) in [6.45, 7) is 0.171. The smallest absolute Gasteiger partial charge is 0.288 e. The molecule has 2 aromatic carbocycles. The first-order chi connectivity index (χ1) is 13.1. The molecule has 0 aliphatic carbocycles. The molecule has 0 aromatic heterocycles. The Morgan fingerprint density at radius 3 is 2.19 bits per heavy atom. The van der Waals surface area contributed by atoms with Gasteiger partial charge in [-0.3, -0.25) is 14.4 Å². The van der Waals surface area contributed by atoms with Crippen molar-refractivity contribution in [3.8, 4) is 0 Å². The number of para-hydroxylation sites is 1. The van der Waals surface area contributed by atoms with Gasteiger partial charge in [-0.1, -0.05) is 48.5 Å². The highest BCUT2D eigenvalue weighted by Gasteiger charge is 2.22. The Kier molecular flexibility index (Phi) is 8.19. The van der Waals surface area contributed by atoms with Crippen molar-refractivity contribution in [1.82, 2.24) is 5.32 Å². The molecule has 0 heterocycles. The third-order valence-electron chi connectivity index (χ3n) is 4.02. The number of aryl methyl sites for hydroxylation is 1. The molecule has 0 aliphatic rings. The molecule has 2 amide bonds. The molecule has 6 nitrogen and oxygen atoms in total. The highest BCUT2D eigenvalue weighted by atomic mass is 16.3. The number of nitrogens with one attached hydrogen (secondary N) is 1. The molecule has 0 aliphatic heterocycles. The summed E-state index contributed by atoms with van der Waals surface area (Å²) >= 11 is 0. The van der Waals surface area contributed by atoms with Crippen LogP contribution in [0.5, 0.6) is 0 Å². The fourth-order valence-corrected chi connectivity index (χ4v) is 2.67. The minimum Gasteiger partial charge on any atom is -0.395 e. The number of nitrogens with zero attached hydrogens (tertiary/aromatic N) is 1. The molecule has 6 heteroatoms. The van der Waals surface area contributed by atoms with Gasteiger partial charge in [0.05, 0.1) is 13.0 Å². The van der Waals surface area contributed by atoms with Gasteiger partial charge in [0.2, 0.25) is 11.7 Å². The van der Waals surface area contributed by atoms with Crippen LogP contribution >= 0.6 is 0 Å². The van der Waals surface area contributed by atoms with Gasteiger partial charge in [0.25, 0.3) is 5.91 Å². The Morgan fingerprint density at radius 2 is 1.56 bits per heavy atom. The highest BCUT2D eigenvalue weighted by molar-refractivity contribution is 6.39. The summed E-state index contributed by atoms with van der Waals surface area (Å²) in [5, 5.41) is 11.0. The summed E-state index contributed by atoms with van der Waals surface area (Å²) < 4.78 is 0. The molecule has 27 heavy (non-hydrogen) atoms. The van der Waals surface area contributed by atoms with E-state index in [1.165, 1.54) is 5.56 Å². The predicted octanol–water partition coefficient (Wildman–Crippen LogP) is 1.72. The average Bonchev–Trinajstić information content (AvgIpc) is 2.70. The maximum Gasteiger partial charge on any atom is 0.288 e. The maximum absolute atomic E-state index is 12.7. The fourth-order valence-electron chi connectivity index (χ4n) is 2.67. The van der Waals surface area contributed by atoms with Crippen LogP contribution in [0.1, 0.15) is 18.4 Å². The summed E-state index contributed by atoms with van der Waals surface area (Å²) in [5.41, 5.74) is 1.87. The van der Waals surface area contributed by atoms with Gasteiger partial charge in [-0.2, -0.15) is 0 Å². The Morgan fingerprint density at radius 1 is 0.926 bits per heavy atom. The van der Waals surface area contributed by atoms with E-state index in [0.717, 1.165) is 12.8 Å². The van der Waals surface area contributed by atoms with E-state index in [4.69, 9.17) is 5.11 Å². The number of amides is 2. The molecule has 0 saturated carbocycles. The van der Waals surface area contributed by atoms with Gasteiger partial charge in [0.1, 0.15) is 0 Å². The number of hydrogen-bond donors (Lipinski definition) is 2. The number of carbonyl (C=O) groups excluding carboxylic acids is 3. The van der Waals surface area contributed by atoms with Crippen molar-refractivity contribution >= 4 is 23.3 Å². The second kappa shape index (κ2) is 10.9. The van der Waals surface area contributed by atoms with Crippen LogP contribution in [0.2, 0.25) is 0 Å². The molecule has 142 valence electrons. The van der Waals surface area contributed by atoms with Crippen LogP contribution in [0.25, 0.3) is 0 Å². The number of ketones is 1. The van der Waals surface area contributed by atoms with E-state index in [-0.39, 0.29) is 13.2 Å². The van der Waals surface area contributed by atoms with Gasteiger partial charge < -0.3 is 15.3 Å². The summed E-state index contributed by atoms with van der Waals surface area (Å²) in [6, 6.07) is 19.1. The van der Waals surface area contributed by atoms with Gasteiger partial charge in [-0.25, -0.2) is 0 Å². The maximum atomic E-state index is 12.7. The molecule has 2 rings (SSSR count). The predicted molar refractivity (Wildman–Crippen MR) is 103 cm³/mol. The molecular formula is C21H24N2O4. The average molecular weight is 368 g/mol. The van der Waals surface area contributed by atoms with E-state index in [1.807, 2.05) is 48.5 Å². The van der Waals surface area contributed by atoms with Crippen LogP contribution in [-0.2, 0) is 20.8 Å². The number of Topliss-reactive ketones (excluding diaryl/α,β-unsaturated/α-hetero) is 1. The van der Waals surface area contributed by atoms with Gasteiger partial charge in [0.15, 0.2) is 0 Å².